The zero-order valence-corrected chi connectivity index (χ0v) is 16.0. The van der Waals surface area contributed by atoms with Gasteiger partial charge in [-0.1, -0.05) is 25.1 Å². The maximum Gasteiger partial charge on any atom is 0.416 e. The predicted molar refractivity (Wildman–Crippen MR) is 101 cm³/mol. The minimum Gasteiger partial charge on any atom is -0.497 e. The number of nitrogens with one attached hydrogen (secondary N) is 1. The Balaban J connectivity index is 2.07. The van der Waals surface area contributed by atoms with Crippen LogP contribution in [-0.4, -0.2) is 24.1 Å². The van der Waals surface area contributed by atoms with Crippen molar-refractivity contribution in [3.63, 3.8) is 0 Å². The minimum atomic E-state index is -4.57. The van der Waals surface area contributed by atoms with Crippen LogP contribution in [0.1, 0.15) is 40.4 Å². The molecule has 0 aliphatic rings. The fourth-order valence-corrected chi connectivity index (χ4v) is 2.86. The molecule has 0 aliphatic carbocycles. The second-order valence-electron chi connectivity index (χ2n) is 6.55. The maximum atomic E-state index is 13.2. The monoisotopic (exact) mass is 409 g/mol. The Hall–Kier alpha value is -3.03. The van der Waals surface area contributed by atoms with Crippen LogP contribution in [0.4, 0.5) is 13.2 Å². The lowest BCUT2D eigenvalue weighted by atomic mass is 9.96. The standard InChI is InChI=1S/C21H22F3NO4/c1-3-14(20(27)28)10-13-4-6-15(7-5-13)19(26)25-12-16-8-9-17(29-2)11-18(16)21(22,23)24/h4-9,11,14H,3,10,12H2,1-2H3,(H,25,26)(H,27,28)/t14-/m1/s1. The van der Waals surface area contributed by atoms with E-state index in [2.05, 4.69) is 5.32 Å². The summed E-state index contributed by atoms with van der Waals surface area (Å²) in [7, 11) is 1.28. The number of rotatable bonds is 8. The highest BCUT2D eigenvalue weighted by molar-refractivity contribution is 5.94. The lowest BCUT2D eigenvalue weighted by molar-refractivity contribution is -0.142. The van der Waals surface area contributed by atoms with E-state index in [1.807, 2.05) is 0 Å². The summed E-state index contributed by atoms with van der Waals surface area (Å²) in [5.74, 6) is -1.83. The number of aliphatic carboxylic acids is 1. The van der Waals surface area contributed by atoms with Crippen molar-refractivity contribution in [3.8, 4) is 5.75 Å². The average molecular weight is 409 g/mol. The molecule has 0 spiro atoms. The maximum absolute atomic E-state index is 13.2. The molecule has 1 amide bonds. The largest absolute Gasteiger partial charge is 0.497 e. The van der Waals surface area contributed by atoms with Gasteiger partial charge in [-0.05, 0) is 48.2 Å². The first-order valence-corrected chi connectivity index (χ1v) is 8.99. The van der Waals surface area contributed by atoms with E-state index < -0.39 is 29.5 Å². The van der Waals surface area contributed by atoms with Crippen LogP contribution in [0.3, 0.4) is 0 Å². The van der Waals surface area contributed by atoms with Gasteiger partial charge in [0.05, 0.1) is 18.6 Å². The van der Waals surface area contributed by atoms with Crippen LogP contribution in [0, 0.1) is 5.92 Å². The Morgan fingerprint density at radius 3 is 2.31 bits per heavy atom. The van der Waals surface area contributed by atoms with Crippen molar-refractivity contribution >= 4 is 11.9 Å². The second-order valence-corrected chi connectivity index (χ2v) is 6.55. The van der Waals surface area contributed by atoms with Gasteiger partial charge in [0.1, 0.15) is 5.75 Å². The Morgan fingerprint density at radius 2 is 1.79 bits per heavy atom. The number of benzene rings is 2. The predicted octanol–water partition coefficient (Wildman–Crippen LogP) is 4.30. The molecule has 0 heterocycles. The molecule has 2 N–H and O–H groups in total. The lowest BCUT2D eigenvalue weighted by Crippen LogP contribution is -2.24. The van der Waals surface area contributed by atoms with E-state index in [0.29, 0.717) is 12.8 Å². The van der Waals surface area contributed by atoms with E-state index in [1.54, 1.807) is 19.1 Å². The van der Waals surface area contributed by atoms with Gasteiger partial charge in [-0.15, -0.1) is 0 Å². The number of carboxylic acids is 1. The molecular weight excluding hydrogens is 387 g/mol. The Bertz CT molecular complexity index is 863. The molecule has 0 fully saturated rings. The first-order chi connectivity index (χ1) is 13.7. The highest BCUT2D eigenvalue weighted by atomic mass is 19.4. The molecule has 0 saturated carbocycles. The van der Waals surface area contributed by atoms with E-state index in [9.17, 15) is 22.8 Å². The molecule has 0 unspecified atom stereocenters. The van der Waals surface area contributed by atoms with Crippen LogP contribution in [0.25, 0.3) is 0 Å². The van der Waals surface area contributed by atoms with E-state index in [4.69, 9.17) is 9.84 Å². The van der Waals surface area contributed by atoms with Crippen molar-refractivity contribution < 1.29 is 32.6 Å². The third kappa shape index (κ3) is 5.97. The van der Waals surface area contributed by atoms with Gasteiger partial charge in [-0.2, -0.15) is 13.2 Å². The van der Waals surface area contributed by atoms with Crippen molar-refractivity contribution in [3.05, 3.63) is 64.7 Å². The Kier molecular flexibility index (Phi) is 7.25. The van der Waals surface area contributed by atoms with Gasteiger partial charge in [0.25, 0.3) is 5.91 Å². The van der Waals surface area contributed by atoms with Gasteiger partial charge >= 0.3 is 12.1 Å². The molecule has 29 heavy (non-hydrogen) atoms. The van der Waals surface area contributed by atoms with Gasteiger partial charge in [-0.25, -0.2) is 0 Å². The molecule has 0 aliphatic heterocycles. The number of amides is 1. The van der Waals surface area contributed by atoms with Crippen molar-refractivity contribution in [1.82, 2.24) is 5.32 Å². The van der Waals surface area contributed by atoms with Gasteiger partial charge in [0.15, 0.2) is 0 Å². The summed E-state index contributed by atoms with van der Waals surface area (Å²) in [5.41, 5.74) is 0.104. The normalized spacial score (nSPS) is 12.3. The topological polar surface area (TPSA) is 75.6 Å². The number of hydrogen-bond donors (Lipinski definition) is 2. The summed E-state index contributed by atoms with van der Waals surface area (Å²) >= 11 is 0. The van der Waals surface area contributed by atoms with E-state index in [-0.39, 0.29) is 23.4 Å². The highest BCUT2D eigenvalue weighted by Crippen LogP contribution is 2.34. The summed E-state index contributed by atoms with van der Waals surface area (Å²) in [6.07, 6.45) is -3.74. The number of carbonyl (C=O) groups excluding carboxylic acids is 1. The number of carbonyl (C=O) groups is 2. The third-order valence-corrected chi connectivity index (χ3v) is 4.60. The molecule has 2 rings (SSSR count). The van der Waals surface area contributed by atoms with Crippen molar-refractivity contribution in [2.24, 2.45) is 5.92 Å². The second kappa shape index (κ2) is 9.45. The van der Waals surface area contributed by atoms with Crippen LogP contribution in [0.2, 0.25) is 0 Å². The van der Waals surface area contributed by atoms with E-state index >= 15 is 0 Å². The summed E-state index contributed by atoms with van der Waals surface area (Å²) in [5, 5.41) is 11.6. The van der Waals surface area contributed by atoms with Gasteiger partial charge in [0.2, 0.25) is 0 Å². The van der Waals surface area contributed by atoms with Crippen LogP contribution in [-0.2, 0) is 23.9 Å². The summed E-state index contributed by atoms with van der Waals surface area (Å²) < 4.78 is 44.5. The molecule has 0 saturated heterocycles. The van der Waals surface area contributed by atoms with Gasteiger partial charge < -0.3 is 15.2 Å². The minimum absolute atomic E-state index is 0.0736. The van der Waals surface area contributed by atoms with Crippen molar-refractivity contribution in [2.45, 2.75) is 32.5 Å². The molecule has 5 nitrogen and oxygen atoms in total. The summed E-state index contributed by atoms with van der Waals surface area (Å²) in [4.78, 5) is 23.4. The van der Waals surface area contributed by atoms with Crippen LogP contribution in [0.5, 0.6) is 5.75 Å². The molecule has 0 aromatic heterocycles. The highest BCUT2D eigenvalue weighted by Gasteiger charge is 2.33. The fourth-order valence-electron chi connectivity index (χ4n) is 2.86. The Labute approximate surface area is 166 Å². The van der Waals surface area contributed by atoms with E-state index in [0.717, 1.165) is 11.6 Å². The van der Waals surface area contributed by atoms with Crippen molar-refractivity contribution in [2.75, 3.05) is 7.11 Å². The number of carboxylic acid groups (broad SMARTS) is 1. The molecule has 0 radical (unpaired) electrons. The molecule has 2 aromatic carbocycles. The fraction of sp³-hybridized carbons (Fsp3) is 0.333. The van der Waals surface area contributed by atoms with Crippen molar-refractivity contribution in [1.29, 1.82) is 0 Å². The number of methoxy groups -OCH3 is 1. The number of alkyl halides is 3. The summed E-state index contributed by atoms with van der Waals surface area (Å²) in [6, 6.07) is 9.91. The zero-order chi connectivity index (χ0) is 21.6. The zero-order valence-electron chi connectivity index (χ0n) is 16.0. The SMILES string of the molecule is CC[C@H](Cc1ccc(C(=O)NCc2ccc(OC)cc2C(F)(F)F)cc1)C(=O)O. The van der Waals surface area contributed by atoms with Crippen LogP contribution in [0.15, 0.2) is 42.5 Å². The third-order valence-electron chi connectivity index (χ3n) is 4.60. The smallest absolute Gasteiger partial charge is 0.416 e. The molecule has 156 valence electrons. The number of ether oxygens (including phenoxy) is 1. The summed E-state index contributed by atoms with van der Waals surface area (Å²) in [6.45, 7) is 1.49. The number of halogens is 3. The molecular formula is C21H22F3NO4. The lowest BCUT2D eigenvalue weighted by Gasteiger charge is -2.15. The van der Waals surface area contributed by atoms with Crippen LogP contribution >= 0.6 is 0 Å². The molecule has 1 atom stereocenters. The van der Waals surface area contributed by atoms with E-state index in [1.165, 1.54) is 31.4 Å². The number of hydrogen-bond acceptors (Lipinski definition) is 3. The molecule has 0 bridgehead atoms. The van der Waals surface area contributed by atoms with Gasteiger partial charge in [-0.3, -0.25) is 9.59 Å². The van der Waals surface area contributed by atoms with Gasteiger partial charge in [0, 0.05) is 12.1 Å². The molecule has 8 heteroatoms. The quantitative estimate of drug-likeness (QED) is 0.682. The Morgan fingerprint density at radius 1 is 1.14 bits per heavy atom. The first kappa shape index (κ1) is 22.3. The van der Waals surface area contributed by atoms with Crippen LogP contribution < -0.4 is 10.1 Å². The average Bonchev–Trinajstić information content (AvgIpc) is 2.69. The first-order valence-electron chi connectivity index (χ1n) is 8.99. The molecule has 2 aromatic rings.